The molecule has 3 aromatic heterocycles. The van der Waals surface area contributed by atoms with E-state index in [0.717, 1.165) is 34.0 Å². The smallest absolute Gasteiger partial charge is 0.135 e. The van der Waals surface area contributed by atoms with Crippen LogP contribution in [0.5, 0.6) is 0 Å². The second-order valence-electron chi connectivity index (χ2n) is 12.7. The van der Waals surface area contributed by atoms with Crippen molar-refractivity contribution >= 4 is 60.7 Å². The van der Waals surface area contributed by atoms with Gasteiger partial charge in [0.2, 0.25) is 0 Å². The molecule has 1 atom stereocenters. The van der Waals surface area contributed by atoms with E-state index in [1.54, 1.807) is 0 Å². The molecule has 3 heteroatoms. The maximum Gasteiger partial charge on any atom is 0.135 e. The summed E-state index contributed by atoms with van der Waals surface area (Å²) in [5, 5.41) is 6.13. The third-order valence-corrected chi connectivity index (χ3v) is 9.86. The van der Waals surface area contributed by atoms with E-state index in [4.69, 9.17) is 4.42 Å². The molecule has 46 heavy (non-hydrogen) atoms. The molecular weight excluding hydrogens is 560 g/mol. The summed E-state index contributed by atoms with van der Waals surface area (Å²) in [5.74, 6) is 0.517. The first-order valence-electron chi connectivity index (χ1n) is 16.1. The van der Waals surface area contributed by atoms with Crippen LogP contribution in [0.2, 0.25) is 0 Å². The molecule has 0 spiro atoms. The Bertz CT molecular complexity index is 2630. The van der Waals surface area contributed by atoms with Crippen molar-refractivity contribution in [3.63, 3.8) is 0 Å². The molecule has 6 aromatic carbocycles. The number of para-hydroxylation sites is 3. The van der Waals surface area contributed by atoms with E-state index in [9.17, 15) is 0 Å². The lowest BCUT2D eigenvalue weighted by atomic mass is 9.92. The van der Waals surface area contributed by atoms with Crippen LogP contribution in [-0.2, 0) is 6.42 Å². The zero-order valence-corrected chi connectivity index (χ0v) is 25.4. The summed E-state index contributed by atoms with van der Waals surface area (Å²) < 4.78 is 11.2. The number of hydrogen-bond acceptors (Lipinski definition) is 1. The van der Waals surface area contributed by atoms with Crippen LogP contribution in [-0.4, -0.2) is 9.13 Å². The molecule has 9 aromatic rings. The molecule has 218 valence electrons. The van der Waals surface area contributed by atoms with Gasteiger partial charge in [-0.15, -0.1) is 0 Å². The summed E-state index contributed by atoms with van der Waals surface area (Å²) in [7, 11) is 0. The van der Waals surface area contributed by atoms with E-state index in [2.05, 4.69) is 162 Å². The molecule has 0 fully saturated rings. The summed E-state index contributed by atoms with van der Waals surface area (Å²) in [6, 6.07) is 48.2. The van der Waals surface area contributed by atoms with Gasteiger partial charge in [0.1, 0.15) is 11.2 Å². The molecule has 1 aliphatic rings. The van der Waals surface area contributed by atoms with Gasteiger partial charge < -0.3 is 13.6 Å². The van der Waals surface area contributed by atoms with Crippen molar-refractivity contribution in [1.29, 1.82) is 0 Å². The molecule has 3 heterocycles. The van der Waals surface area contributed by atoms with Gasteiger partial charge in [-0.3, -0.25) is 0 Å². The van der Waals surface area contributed by atoms with Gasteiger partial charge in [0.15, 0.2) is 0 Å². The van der Waals surface area contributed by atoms with Crippen LogP contribution in [0.1, 0.15) is 18.2 Å². The Hall–Kier alpha value is -5.80. The maximum atomic E-state index is 6.38. The highest BCUT2D eigenvalue weighted by Crippen LogP contribution is 2.40. The van der Waals surface area contributed by atoms with Gasteiger partial charge in [-0.1, -0.05) is 79.7 Å². The summed E-state index contributed by atoms with van der Waals surface area (Å²) >= 11 is 0. The molecule has 1 unspecified atom stereocenters. The van der Waals surface area contributed by atoms with E-state index in [1.807, 2.05) is 0 Å². The van der Waals surface area contributed by atoms with Crippen molar-refractivity contribution in [1.82, 2.24) is 9.13 Å². The van der Waals surface area contributed by atoms with Crippen LogP contribution < -0.4 is 0 Å². The fourth-order valence-electron chi connectivity index (χ4n) is 7.73. The Morgan fingerprint density at radius 2 is 1.13 bits per heavy atom. The first-order chi connectivity index (χ1) is 22.7. The van der Waals surface area contributed by atoms with E-state index < -0.39 is 0 Å². The first-order valence-corrected chi connectivity index (χ1v) is 16.1. The van der Waals surface area contributed by atoms with Gasteiger partial charge in [0.25, 0.3) is 0 Å². The number of allylic oxidation sites excluding steroid dienone is 1. The molecule has 1 aliphatic carbocycles. The first kappa shape index (κ1) is 25.5. The minimum atomic E-state index is 0.517. The van der Waals surface area contributed by atoms with Crippen LogP contribution in [0.4, 0.5) is 0 Å². The fraction of sp³-hybridized carbons (Fsp3) is 0.0698. The lowest BCUT2D eigenvalue weighted by Gasteiger charge is -2.15. The molecular formula is C43H30N2O. The summed E-state index contributed by atoms with van der Waals surface area (Å²) in [5.41, 5.74) is 13.0. The lowest BCUT2D eigenvalue weighted by Crippen LogP contribution is -2.05. The monoisotopic (exact) mass is 590 g/mol. The number of hydrogen-bond donors (Lipinski definition) is 0. The zero-order valence-electron chi connectivity index (χ0n) is 25.4. The normalized spacial score (nSPS) is 14.7. The summed E-state index contributed by atoms with van der Waals surface area (Å²) in [6.45, 7) is 2.31. The molecule has 0 bridgehead atoms. The van der Waals surface area contributed by atoms with Crippen molar-refractivity contribution in [3.05, 3.63) is 151 Å². The Morgan fingerprint density at radius 1 is 0.522 bits per heavy atom. The van der Waals surface area contributed by atoms with E-state index >= 15 is 0 Å². The number of nitrogens with zero attached hydrogens (tertiary/aromatic N) is 2. The van der Waals surface area contributed by atoms with E-state index in [0.29, 0.717) is 5.92 Å². The lowest BCUT2D eigenvalue weighted by molar-refractivity contribution is 0.669. The van der Waals surface area contributed by atoms with Crippen molar-refractivity contribution < 1.29 is 4.42 Å². The fourth-order valence-corrected chi connectivity index (χ4v) is 7.73. The van der Waals surface area contributed by atoms with E-state index in [1.165, 1.54) is 60.8 Å². The molecule has 0 saturated heterocycles. The van der Waals surface area contributed by atoms with Gasteiger partial charge >= 0.3 is 0 Å². The van der Waals surface area contributed by atoms with Crippen LogP contribution in [0, 0.1) is 5.92 Å². The summed E-state index contributed by atoms with van der Waals surface area (Å²) in [4.78, 5) is 0. The van der Waals surface area contributed by atoms with Crippen LogP contribution in [0.15, 0.2) is 144 Å². The average molecular weight is 591 g/mol. The SMILES string of the molecule is CC1C=Cc2c(c3cc(-c4ccc5oc6ccc(-n7c8ccccc8c8ccccc87)cc6c5c4)ccc3n2-c2ccccc2)C1. The molecule has 3 nitrogen and oxygen atoms in total. The molecule has 0 saturated carbocycles. The summed E-state index contributed by atoms with van der Waals surface area (Å²) in [6.07, 6.45) is 5.70. The Morgan fingerprint density at radius 3 is 1.89 bits per heavy atom. The number of rotatable bonds is 3. The predicted molar refractivity (Wildman–Crippen MR) is 192 cm³/mol. The number of furan rings is 1. The second kappa shape index (κ2) is 9.60. The Labute approximate surface area is 266 Å². The van der Waals surface area contributed by atoms with Crippen LogP contribution in [0.3, 0.4) is 0 Å². The minimum Gasteiger partial charge on any atom is -0.456 e. The van der Waals surface area contributed by atoms with Gasteiger partial charge in [-0.05, 0) is 102 Å². The van der Waals surface area contributed by atoms with Gasteiger partial charge in [-0.25, -0.2) is 0 Å². The maximum absolute atomic E-state index is 6.38. The molecule has 0 amide bonds. The van der Waals surface area contributed by atoms with E-state index in [-0.39, 0.29) is 0 Å². The van der Waals surface area contributed by atoms with Crippen molar-refractivity contribution in [3.8, 4) is 22.5 Å². The number of aromatic nitrogens is 2. The largest absolute Gasteiger partial charge is 0.456 e. The zero-order chi connectivity index (χ0) is 30.4. The van der Waals surface area contributed by atoms with Gasteiger partial charge in [0.05, 0.1) is 16.6 Å². The van der Waals surface area contributed by atoms with Gasteiger partial charge in [-0.2, -0.15) is 0 Å². The number of benzene rings is 6. The van der Waals surface area contributed by atoms with Crippen molar-refractivity contribution in [2.75, 3.05) is 0 Å². The third kappa shape index (κ3) is 3.66. The molecule has 0 N–H and O–H groups in total. The van der Waals surface area contributed by atoms with Gasteiger partial charge in [0, 0.05) is 44.0 Å². The van der Waals surface area contributed by atoms with Crippen LogP contribution in [0.25, 0.3) is 83.2 Å². The molecule has 10 rings (SSSR count). The Balaban J connectivity index is 1.15. The Kier molecular flexibility index (Phi) is 5.32. The highest BCUT2D eigenvalue weighted by atomic mass is 16.3. The topological polar surface area (TPSA) is 23.0 Å². The predicted octanol–water partition coefficient (Wildman–Crippen LogP) is 11.5. The van der Waals surface area contributed by atoms with Crippen LogP contribution >= 0.6 is 0 Å². The molecule has 0 aliphatic heterocycles. The standard InChI is InChI=1S/C43H30N2O/c1-27-15-19-40-34(23-27)35-24-28(16-20-41(35)44(40)30-9-3-2-4-10-30)29-17-21-42-36(25-29)37-26-31(18-22-43(37)46-42)45-38-13-7-5-11-32(38)33-12-6-8-14-39(33)45/h2-22,24-27H,23H2,1H3. The minimum absolute atomic E-state index is 0.517. The second-order valence-corrected chi connectivity index (χ2v) is 12.7. The number of fused-ring (bicyclic) bond motifs is 9. The quantitative estimate of drug-likeness (QED) is 0.201. The highest BCUT2D eigenvalue weighted by Gasteiger charge is 2.22. The highest BCUT2D eigenvalue weighted by molar-refractivity contribution is 6.11. The third-order valence-electron chi connectivity index (χ3n) is 9.86. The molecule has 0 radical (unpaired) electrons. The van der Waals surface area contributed by atoms with Crippen molar-refractivity contribution in [2.45, 2.75) is 13.3 Å². The average Bonchev–Trinajstić information content (AvgIpc) is 3.75. The van der Waals surface area contributed by atoms with Crippen molar-refractivity contribution in [2.24, 2.45) is 5.92 Å².